The number of carbonyl (C=O) groups excluding carboxylic acids is 1. The first-order valence-electron chi connectivity index (χ1n) is 8.09. The van der Waals surface area contributed by atoms with Gasteiger partial charge in [-0.1, -0.05) is 24.2 Å². The number of terminal acetylenes is 1. The van der Waals surface area contributed by atoms with Crippen LogP contribution in [0.15, 0.2) is 52.4 Å². The molecule has 3 aromatic rings. The first-order valence-corrected chi connectivity index (χ1v) is 9.89. The standard InChI is InChI=1S/C20H18N2O2S2/c1-4-12-22-17-11-8-15(24-3)13-18(17)26-20(22)21-19(23)14-6-9-16(10-7-14)25-5-2/h1,6-11,13H,5,12H2,2-3H3. The molecule has 0 spiro atoms. The Bertz CT molecular complexity index is 1040. The molecule has 0 radical (unpaired) electrons. The van der Waals surface area contributed by atoms with E-state index >= 15 is 0 Å². The summed E-state index contributed by atoms with van der Waals surface area (Å²) < 4.78 is 8.12. The Morgan fingerprint density at radius 1 is 1.31 bits per heavy atom. The van der Waals surface area contributed by atoms with Gasteiger partial charge >= 0.3 is 0 Å². The van der Waals surface area contributed by atoms with Crippen molar-refractivity contribution in [1.29, 1.82) is 0 Å². The maximum Gasteiger partial charge on any atom is 0.279 e. The topological polar surface area (TPSA) is 43.6 Å². The highest BCUT2D eigenvalue weighted by Gasteiger charge is 2.10. The third-order valence-electron chi connectivity index (χ3n) is 3.75. The van der Waals surface area contributed by atoms with Crippen LogP contribution in [0.25, 0.3) is 10.2 Å². The third-order valence-corrected chi connectivity index (χ3v) is 5.68. The number of hydrogen-bond donors (Lipinski definition) is 0. The van der Waals surface area contributed by atoms with Crippen LogP contribution in [-0.4, -0.2) is 23.3 Å². The summed E-state index contributed by atoms with van der Waals surface area (Å²) in [5.74, 6) is 4.11. The van der Waals surface area contributed by atoms with Gasteiger partial charge in [0.15, 0.2) is 4.80 Å². The molecule has 1 heterocycles. The summed E-state index contributed by atoms with van der Waals surface area (Å²) in [6, 6.07) is 13.2. The first-order chi connectivity index (χ1) is 12.7. The lowest BCUT2D eigenvalue weighted by atomic mass is 10.2. The minimum absolute atomic E-state index is 0.276. The van der Waals surface area contributed by atoms with Crippen LogP contribution in [0, 0.1) is 12.3 Å². The second-order valence-electron chi connectivity index (χ2n) is 5.38. The minimum atomic E-state index is -0.276. The van der Waals surface area contributed by atoms with E-state index in [9.17, 15) is 4.79 Å². The summed E-state index contributed by atoms with van der Waals surface area (Å²) >= 11 is 3.16. The average Bonchev–Trinajstić information content (AvgIpc) is 2.99. The molecule has 0 aliphatic carbocycles. The molecule has 4 nitrogen and oxygen atoms in total. The average molecular weight is 383 g/mol. The minimum Gasteiger partial charge on any atom is -0.497 e. The van der Waals surface area contributed by atoms with E-state index < -0.39 is 0 Å². The lowest BCUT2D eigenvalue weighted by Gasteiger charge is -2.02. The number of carbonyl (C=O) groups is 1. The summed E-state index contributed by atoms with van der Waals surface area (Å²) in [6.45, 7) is 2.45. The second-order valence-corrected chi connectivity index (χ2v) is 7.73. The van der Waals surface area contributed by atoms with Gasteiger partial charge in [0.05, 0.1) is 23.9 Å². The summed E-state index contributed by atoms with van der Waals surface area (Å²) in [6.07, 6.45) is 5.50. The summed E-state index contributed by atoms with van der Waals surface area (Å²) in [4.78, 5) is 18.6. The van der Waals surface area contributed by atoms with Crippen LogP contribution in [-0.2, 0) is 6.54 Å². The zero-order valence-electron chi connectivity index (χ0n) is 14.6. The molecule has 26 heavy (non-hydrogen) atoms. The maximum atomic E-state index is 12.6. The van der Waals surface area contributed by atoms with Crippen molar-refractivity contribution < 1.29 is 9.53 Å². The Kier molecular flexibility index (Phi) is 5.82. The van der Waals surface area contributed by atoms with E-state index in [0.717, 1.165) is 26.6 Å². The molecular weight excluding hydrogens is 364 g/mol. The Hall–Kier alpha value is -2.49. The number of amides is 1. The monoisotopic (exact) mass is 382 g/mol. The number of thiazole rings is 1. The fourth-order valence-electron chi connectivity index (χ4n) is 2.52. The SMILES string of the molecule is C#CCn1c(=NC(=O)c2ccc(SCC)cc2)sc2cc(OC)ccc21. The summed E-state index contributed by atoms with van der Waals surface area (Å²) in [5, 5.41) is 0. The van der Waals surface area contributed by atoms with E-state index in [1.54, 1.807) is 18.9 Å². The number of fused-ring (bicyclic) bond motifs is 1. The van der Waals surface area contributed by atoms with E-state index in [0.29, 0.717) is 16.9 Å². The number of aromatic nitrogens is 1. The van der Waals surface area contributed by atoms with Gasteiger partial charge in [0.1, 0.15) is 5.75 Å². The number of ether oxygens (including phenoxy) is 1. The van der Waals surface area contributed by atoms with E-state index in [1.807, 2.05) is 47.0 Å². The lowest BCUT2D eigenvalue weighted by molar-refractivity contribution is 0.0998. The Morgan fingerprint density at radius 2 is 2.08 bits per heavy atom. The molecule has 0 atom stereocenters. The van der Waals surface area contributed by atoms with Crippen LogP contribution in [0.3, 0.4) is 0 Å². The fourth-order valence-corrected chi connectivity index (χ4v) is 4.24. The van der Waals surface area contributed by atoms with E-state index in [2.05, 4.69) is 17.8 Å². The van der Waals surface area contributed by atoms with Gasteiger partial charge in [-0.15, -0.1) is 18.2 Å². The van der Waals surface area contributed by atoms with Crippen LogP contribution in [0.2, 0.25) is 0 Å². The van der Waals surface area contributed by atoms with Gasteiger partial charge in [-0.2, -0.15) is 4.99 Å². The quantitative estimate of drug-likeness (QED) is 0.491. The highest BCUT2D eigenvalue weighted by molar-refractivity contribution is 7.99. The predicted molar refractivity (Wildman–Crippen MR) is 108 cm³/mol. The van der Waals surface area contributed by atoms with Gasteiger partial charge in [0.25, 0.3) is 5.91 Å². The molecular formula is C20H18N2O2S2. The zero-order valence-corrected chi connectivity index (χ0v) is 16.2. The molecule has 0 saturated carbocycles. The van der Waals surface area contributed by atoms with Crippen molar-refractivity contribution in [2.75, 3.05) is 12.9 Å². The molecule has 6 heteroatoms. The highest BCUT2D eigenvalue weighted by atomic mass is 32.2. The molecule has 132 valence electrons. The highest BCUT2D eigenvalue weighted by Crippen LogP contribution is 2.23. The largest absolute Gasteiger partial charge is 0.497 e. The van der Waals surface area contributed by atoms with Crippen LogP contribution >= 0.6 is 23.1 Å². The Balaban J connectivity index is 2.03. The molecule has 0 aliphatic heterocycles. The molecule has 0 N–H and O–H groups in total. The van der Waals surface area contributed by atoms with Gasteiger partial charge in [-0.25, -0.2) is 0 Å². The molecule has 0 fully saturated rings. The van der Waals surface area contributed by atoms with E-state index in [4.69, 9.17) is 11.2 Å². The second kappa shape index (κ2) is 8.26. The summed E-state index contributed by atoms with van der Waals surface area (Å²) in [5.41, 5.74) is 1.50. The van der Waals surface area contributed by atoms with Crippen LogP contribution in [0.1, 0.15) is 17.3 Å². The predicted octanol–water partition coefficient (Wildman–Crippen LogP) is 4.20. The lowest BCUT2D eigenvalue weighted by Crippen LogP contribution is -2.16. The van der Waals surface area contributed by atoms with Crippen molar-refractivity contribution in [3.63, 3.8) is 0 Å². The summed E-state index contributed by atoms with van der Waals surface area (Å²) in [7, 11) is 1.62. The molecule has 0 unspecified atom stereocenters. The van der Waals surface area contributed by atoms with Crippen molar-refractivity contribution in [3.05, 3.63) is 52.8 Å². The molecule has 1 amide bonds. The number of rotatable bonds is 5. The van der Waals surface area contributed by atoms with Crippen molar-refractivity contribution in [1.82, 2.24) is 4.57 Å². The van der Waals surface area contributed by atoms with Crippen LogP contribution < -0.4 is 9.54 Å². The fraction of sp³-hybridized carbons (Fsp3) is 0.200. The molecule has 0 saturated heterocycles. The number of thioether (sulfide) groups is 1. The first kappa shape index (κ1) is 18.3. The molecule has 2 aromatic carbocycles. The van der Waals surface area contributed by atoms with Crippen molar-refractivity contribution in [3.8, 4) is 18.1 Å². The Morgan fingerprint density at radius 3 is 2.73 bits per heavy atom. The van der Waals surface area contributed by atoms with Crippen LogP contribution in [0.4, 0.5) is 0 Å². The van der Waals surface area contributed by atoms with Gasteiger partial charge in [-0.3, -0.25) is 4.79 Å². The number of methoxy groups -OCH3 is 1. The molecule has 0 bridgehead atoms. The number of benzene rings is 2. The zero-order chi connectivity index (χ0) is 18.5. The molecule has 0 aliphatic rings. The van der Waals surface area contributed by atoms with E-state index in [1.165, 1.54) is 11.3 Å². The third kappa shape index (κ3) is 3.85. The van der Waals surface area contributed by atoms with Crippen LogP contribution in [0.5, 0.6) is 5.75 Å². The van der Waals surface area contributed by atoms with Gasteiger partial charge in [-0.05, 0) is 48.2 Å². The molecule has 3 rings (SSSR count). The van der Waals surface area contributed by atoms with E-state index in [-0.39, 0.29) is 5.91 Å². The Labute approximate surface area is 160 Å². The number of nitrogens with zero attached hydrogens (tertiary/aromatic N) is 2. The number of hydrogen-bond acceptors (Lipinski definition) is 4. The smallest absolute Gasteiger partial charge is 0.279 e. The van der Waals surface area contributed by atoms with Crippen molar-refractivity contribution in [2.45, 2.75) is 18.4 Å². The van der Waals surface area contributed by atoms with Crippen molar-refractivity contribution >= 4 is 39.2 Å². The normalized spacial score (nSPS) is 11.5. The maximum absolute atomic E-state index is 12.6. The van der Waals surface area contributed by atoms with Crippen molar-refractivity contribution in [2.24, 2.45) is 4.99 Å². The van der Waals surface area contributed by atoms with Gasteiger partial charge < -0.3 is 9.30 Å². The van der Waals surface area contributed by atoms with Gasteiger partial charge in [0.2, 0.25) is 0 Å². The van der Waals surface area contributed by atoms with Gasteiger partial charge in [0, 0.05) is 10.5 Å². The molecule has 1 aromatic heterocycles.